The second-order valence-electron chi connectivity index (χ2n) is 9.32. The van der Waals surface area contributed by atoms with Gasteiger partial charge in [-0.25, -0.2) is 0 Å². The van der Waals surface area contributed by atoms with Crippen LogP contribution in [0.4, 0.5) is 0 Å². The van der Waals surface area contributed by atoms with E-state index in [9.17, 15) is 0 Å². The summed E-state index contributed by atoms with van der Waals surface area (Å²) in [6.07, 6.45) is 15.9. The number of nitrogens with zero attached hydrogens (tertiary/aromatic N) is 1. The zero-order chi connectivity index (χ0) is 26.3. The highest BCUT2D eigenvalue weighted by Crippen LogP contribution is 2.19. The normalized spacial score (nSPS) is 12.7. The highest BCUT2D eigenvalue weighted by atomic mass is 28.4. The maximum atomic E-state index is 5.67. The predicted octanol–water partition coefficient (Wildman–Crippen LogP) is 5.07. The Morgan fingerprint density at radius 2 is 0.714 bits per heavy atom. The molecule has 0 unspecified atom stereocenters. The molecule has 0 saturated carbocycles. The molecular formula is C25H58N2O6Si2. The van der Waals surface area contributed by atoms with Crippen LogP contribution >= 0.6 is 0 Å². The van der Waals surface area contributed by atoms with Crippen LogP contribution in [0, 0.1) is 0 Å². The van der Waals surface area contributed by atoms with Gasteiger partial charge >= 0.3 is 17.6 Å². The molecule has 0 aromatic carbocycles. The Labute approximate surface area is 219 Å². The summed E-state index contributed by atoms with van der Waals surface area (Å²) in [4.78, 5) is 2.67. The highest BCUT2D eigenvalue weighted by Gasteiger charge is 2.37. The molecule has 0 aromatic heterocycles. The molecule has 212 valence electrons. The van der Waals surface area contributed by atoms with Crippen molar-refractivity contribution in [1.29, 1.82) is 0 Å². The van der Waals surface area contributed by atoms with Crippen LogP contribution < -0.4 is 5.73 Å². The summed E-state index contributed by atoms with van der Waals surface area (Å²) in [7, 11) is 5.35. The number of unbranched alkanes of at least 4 members (excludes halogenated alkanes) is 10. The lowest BCUT2D eigenvalue weighted by atomic mass is 10.1. The van der Waals surface area contributed by atoms with Crippen LogP contribution in [0.15, 0.2) is 0 Å². The topological polar surface area (TPSA) is 84.6 Å². The summed E-state index contributed by atoms with van der Waals surface area (Å²) >= 11 is 0. The van der Waals surface area contributed by atoms with Gasteiger partial charge in [-0.15, -0.1) is 0 Å². The van der Waals surface area contributed by atoms with Crippen LogP contribution in [0.5, 0.6) is 0 Å². The van der Waals surface area contributed by atoms with Gasteiger partial charge in [0, 0.05) is 54.7 Å². The van der Waals surface area contributed by atoms with Crippen molar-refractivity contribution in [1.82, 2.24) is 4.90 Å². The van der Waals surface area contributed by atoms with Crippen molar-refractivity contribution >= 4 is 17.6 Å². The average Bonchev–Trinajstić information content (AvgIpc) is 2.90. The number of nitrogens with two attached hydrogens (primary N) is 1. The Kier molecular flexibility index (Phi) is 23.3. The third kappa shape index (κ3) is 16.5. The fourth-order valence-electron chi connectivity index (χ4n) is 4.52. The van der Waals surface area contributed by atoms with Gasteiger partial charge in [0.2, 0.25) is 0 Å². The largest absolute Gasteiger partial charge is 0.500 e. The number of hydrogen-bond donors (Lipinski definition) is 1. The Balaban J connectivity index is 4.09. The van der Waals surface area contributed by atoms with Gasteiger partial charge < -0.3 is 37.2 Å². The van der Waals surface area contributed by atoms with E-state index in [4.69, 9.17) is 32.3 Å². The summed E-state index contributed by atoms with van der Waals surface area (Å²) in [5, 5.41) is 0. The van der Waals surface area contributed by atoms with Crippen LogP contribution in [-0.4, -0.2) is 91.3 Å². The zero-order valence-electron chi connectivity index (χ0n) is 23.9. The quantitative estimate of drug-likeness (QED) is 0.115. The van der Waals surface area contributed by atoms with Crippen LogP contribution in [0.2, 0.25) is 12.1 Å². The standard InChI is InChI=1S/C25H58N2O6Si2/c1-28-34(29-2,30-3)24-18-11-7-9-15-21-27(23-17-13-14-20-26)22-16-10-8-12-19-25-35(31-4,32-5)33-6/h7-26H2,1-6H3. The minimum atomic E-state index is -2.40. The first-order chi connectivity index (χ1) is 17.0. The minimum Gasteiger partial charge on any atom is -0.377 e. The molecule has 0 aromatic rings. The van der Waals surface area contributed by atoms with Gasteiger partial charge in [-0.05, 0) is 64.7 Å². The Morgan fingerprint density at radius 1 is 0.429 bits per heavy atom. The molecule has 0 bridgehead atoms. The fourth-order valence-corrected chi connectivity index (χ4v) is 8.11. The van der Waals surface area contributed by atoms with Gasteiger partial charge in [0.05, 0.1) is 0 Å². The van der Waals surface area contributed by atoms with E-state index in [-0.39, 0.29) is 0 Å². The van der Waals surface area contributed by atoms with Crippen LogP contribution in [0.1, 0.15) is 83.5 Å². The van der Waals surface area contributed by atoms with E-state index in [0.29, 0.717) is 0 Å². The maximum absolute atomic E-state index is 5.67. The van der Waals surface area contributed by atoms with E-state index in [1.807, 2.05) is 0 Å². The van der Waals surface area contributed by atoms with Gasteiger partial charge in [-0.1, -0.05) is 44.9 Å². The molecule has 0 aliphatic rings. The Bertz CT molecular complexity index is 407. The molecule has 8 nitrogen and oxygen atoms in total. The molecule has 0 spiro atoms. The van der Waals surface area contributed by atoms with Crippen LogP contribution in [0.3, 0.4) is 0 Å². The molecule has 35 heavy (non-hydrogen) atoms. The molecule has 0 fully saturated rings. The Hall–Kier alpha value is 0.114. The van der Waals surface area contributed by atoms with Crippen molar-refractivity contribution in [3.05, 3.63) is 0 Å². The third-order valence-electron chi connectivity index (χ3n) is 6.96. The monoisotopic (exact) mass is 538 g/mol. The molecule has 10 heteroatoms. The summed E-state index contributed by atoms with van der Waals surface area (Å²) in [5.41, 5.74) is 5.67. The summed E-state index contributed by atoms with van der Waals surface area (Å²) < 4.78 is 33.1. The van der Waals surface area contributed by atoms with Gasteiger partial charge in [-0.2, -0.15) is 0 Å². The Morgan fingerprint density at radius 3 is 1.03 bits per heavy atom. The van der Waals surface area contributed by atoms with Crippen molar-refractivity contribution in [2.45, 2.75) is 95.6 Å². The summed E-state index contributed by atoms with van der Waals surface area (Å²) in [5.74, 6) is 0. The summed E-state index contributed by atoms with van der Waals surface area (Å²) in [6.45, 7) is 4.42. The maximum Gasteiger partial charge on any atom is 0.500 e. The first kappa shape index (κ1) is 35.1. The van der Waals surface area contributed by atoms with Gasteiger partial charge in [0.1, 0.15) is 0 Å². The molecule has 0 aliphatic heterocycles. The SMILES string of the molecule is CO[Si](CCCCCCCN(CCCCCN)CCCCCCC[Si](OC)(OC)OC)(OC)OC. The predicted molar refractivity (Wildman–Crippen MR) is 149 cm³/mol. The highest BCUT2D eigenvalue weighted by molar-refractivity contribution is 6.60. The van der Waals surface area contributed by atoms with E-state index in [1.54, 1.807) is 42.7 Å². The van der Waals surface area contributed by atoms with Crippen molar-refractivity contribution < 1.29 is 26.6 Å². The third-order valence-corrected chi connectivity index (χ3v) is 12.6. The van der Waals surface area contributed by atoms with Crippen molar-refractivity contribution in [2.75, 3.05) is 68.8 Å². The van der Waals surface area contributed by atoms with E-state index in [1.165, 1.54) is 83.8 Å². The van der Waals surface area contributed by atoms with E-state index in [0.717, 1.165) is 37.9 Å². The van der Waals surface area contributed by atoms with Gasteiger partial charge in [-0.3, -0.25) is 0 Å². The van der Waals surface area contributed by atoms with Crippen molar-refractivity contribution in [2.24, 2.45) is 5.73 Å². The zero-order valence-corrected chi connectivity index (χ0v) is 25.9. The van der Waals surface area contributed by atoms with Crippen molar-refractivity contribution in [3.63, 3.8) is 0 Å². The molecule has 0 radical (unpaired) electrons. The molecule has 0 rings (SSSR count). The molecule has 2 N–H and O–H groups in total. The molecule has 0 saturated heterocycles. The van der Waals surface area contributed by atoms with E-state index in [2.05, 4.69) is 4.90 Å². The average molecular weight is 539 g/mol. The van der Waals surface area contributed by atoms with Crippen LogP contribution in [-0.2, 0) is 26.6 Å². The summed E-state index contributed by atoms with van der Waals surface area (Å²) in [6, 6.07) is 1.80. The molecule has 0 atom stereocenters. The smallest absolute Gasteiger partial charge is 0.377 e. The van der Waals surface area contributed by atoms with Gasteiger partial charge in [0.15, 0.2) is 0 Å². The first-order valence-corrected chi connectivity index (χ1v) is 17.6. The fraction of sp³-hybridized carbons (Fsp3) is 1.00. The number of hydrogen-bond acceptors (Lipinski definition) is 8. The number of rotatable bonds is 27. The minimum absolute atomic E-state index is 0.804. The lowest BCUT2D eigenvalue weighted by Gasteiger charge is -2.24. The van der Waals surface area contributed by atoms with Crippen LogP contribution in [0.25, 0.3) is 0 Å². The van der Waals surface area contributed by atoms with Gasteiger partial charge in [0.25, 0.3) is 0 Å². The molecule has 0 amide bonds. The lowest BCUT2D eigenvalue weighted by Crippen LogP contribution is -2.42. The van der Waals surface area contributed by atoms with Crippen molar-refractivity contribution in [3.8, 4) is 0 Å². The molecule has 0 aliphatic carbocycles. The first-order valence-electron chi connectivity index (χ1n) is 13.7. The molecule has 0 heterocycles. The van der Waals surface area contributed by atoms with E-state index < -0.39 is 17.6 Å². The van der Waals surface area contributed by atoms with E-state index >= 15 is 0 Å². The second-order valence-corrected chi connectivity index (χ2v) is 15.5. The molecular weight excluding hydrogens is 480 g/mol. The lowest BCUT2D eigenvalue weighted by molar-refractivity contribution is 0.122. The second kappa shape index (κ2) is 23.2.